The van der Waals surface area contributed by atoms with Crippen LogP contribution in [-0.2, 0) is 19.1 Å². The quantitative estimate of drug-likeness (QED) is 0.378. The molecule has 0 aromatic heterocycles. The standard InChI is InChI=1S/C8H16O2.C7H14O2/c1-2-3-4-5-6-7-10-8-9;1-2-3-4-5-6-9-7-8/h8H,2-7H2,1H3;7H,2-6H2,1H3. The fourth-order valence-electron chi connectivity index (χ4n) is 1.50. The molecule has 0 saturated heterocycles. The summed E-state index contributed by atoms with van der Waals surface area (Å²) in [5, 5.41) is 0. The van der Waals surface area contributed by atoms with Crippen molar-refractivity contribution in [2.45, 2.75) is 71.6 Å². The molecule has 0 bridgehead atoms. The zero-order valence-corrected chi connectivity index (χ0v) is 12.6. The van der Waals surface area contributed by atoms with Gasteiger partial charge in [-0.1, -0.05) is 58.8 Å². The third-order valence-corrected chi connectivity index (χ3v) is 2.62. The minimum atomic E-state index is 0.506. The summed E-state index contributed by atoms with van der Waals surface area (Å²) < 4.78 is 9.03. The van der Waals surface area contributed by atoms with Crippen LogP contribution in [0.2, 0.25) is 0 Å². The number of rotatable bonds is 13. The van der Waals surface area contributed by atoms with E-state index in [2.05, 4.69) is 23.3 Å². The van der Waals surface area contributed by atoms with Crippen LogP contribution < -0.4 is 0 Å². The molecule has 0 heterocycles. The van der Waals surface area contributed by atoms with Crippen LogP contribution in [0.3, 0.4) is 0 Å². The number of carbonyl (C=O) groups excluding carboxylic acids is 2. The highest BCUT2D eigenvalue weighted by Crippen LogP contribution is 2.01. The zero-order valence-electron chi connectivity index (χ0n) is 12.6. The second kappa shape index (κ2) is 22.1. The van der Waals surface area contributed by atoms with E-state index in [4.69, 9.17) is 0 Å². The monoisotopic (exact) mass is 274 g/mol. The Kier molecular flexibility index (Phi) is 23.6. The highest BCUT2D eigenvalue weighted by atomic mass is 16.5. The van der Waals surface area contributed by atoms with Crippen molar-refractivity contribution < 1.29 is 19.1 Å². The molecule has 0 aromatic carbocycles. The molecule has 0 rings (SSSR count). The molecule has 0 aliphatic carbocycles. The maximum absolute atomic E-state index is 9.67. The molecule has 0 saturated carbocycles. The van der Waals surface area contributed by atoms with Crippen molar-refractivity contribution in [3.05, 3.63) is 0 Å². The fourth-order valence-corrected chi connectivity index (χ4v) is 1.50. The molecule has 0 amide bonds. The first-order valence-corrected chi connectivity index (χ1v) is 7.43. The second-order valence-electron chi connectivity index (χ2n) is 4.41. The first kappa shape index (κ1) is 20.3. The summed E-state index contributed by atoms with van der Waals surface area (Å²) >= 11 is 0. The van der Waals surface area contributed by atoms with E-state index in [0.717, 1.165) is 12.8 Å². The van der Waals surface area contributed by atoms with Crippen LogP contribution >= 0.6 is 0 Å². The van der Waals surface area contributed by atoms with E-state index in [1.54, 1.807) is 0 Å². The summed E-state index contributed by atoms with van der Waals surface area (Å²) in [6.45, 7) is 6.53. The summed E-state index contributed by atoms with van der Waals surface area (Å²) in [4.78, 5) is 19.3. The van der Waals surface area contributed by atoms with E-state index in [9.17, 15) is 9.59 Å². The van der Waals surface area contributed by atoms with Crippen molar-refractivity contribution >= 4 is 12.9 Å². The summed E-state index contributed by atoms with van der Waals surface area (Å²) in [5.41, 5.74) is 0. The predicted octanol–water partition coefficient (Wildman–Crippen LogP) is 3.87. The minimum absolute atomic E-state index is 0.506. The Balaban J connectivity index is 0. The largest absolute Gasteiger partial charge is 0.468 e. The SMILES string of the molecule is CCCCCCCOC=O.CCCCCCOC=O. The lowest BCUT2D eigenvalue weighted by atomic mass is 10.2. The number of ether oxygens (including phenoxy) is 2. The summed E-state index contributed by atoms with van der Waals surface area (Å²) in [5.74, 6) is 0. The Labute approximate surface area is 117 Å². The van der Waals surface area contributed by atoms with Gasteiger partial charge in [0.25, 0.3) is 12.9 Å². The average molecular weight is 274 g/mol. The molecule has 4 nitrogen and oxygen atoms in total. The van der Waals surface area contributed by atoms with Gasteiger partial charge in [0.15, 0.2) is 0 Å². The van der Waals surface area contributed by atoms with Crippen molar-refractivity contribution in [1.29, 1.82) is 0 Å². The molecule has 0 fully saturated rings. The molecule has 0 N–H and O–H groups in total. The van der Waals surface area contributed by atoms with Gasteiger partial charge < -0.3 is 9.47 Å². The van der Waals surface area contributed by atoms with Gasteiger partial charge in [-0.15, -0.1) is 0 Å². The maximum Gasteiger partial charge on any atom is 0.293 e. The van der Waals surface area contributed by atoms with Crippen molar-refractivity contribution in [3.63, 3.8) is 0 Å². The van der Waals surface area contributed by atoms with E-state index in [-0.39, 0.29) is 0 Å². The second-order valence-corrected chi connectivity index (χ2v) is 4.41. The van der Waals surface area contributed by atoms with Crippen molar-refractivity contribution in [2.24, 2.45) is 0 Å². The van der Waals surface area contributed by atoms with Crippen LogP contribution in [0.15, 0.2) is 0 Å². The molecule has 0 aliphatic heterocycles. The minimum Gasteiger partial charge on any atom is -0.468 e. The lowest BCUT2D eigenvalue weighted by molar-refractivity contribution is -0.129. The van der Waals surface area contributed by atoms with E-state index in [1.807, 2.05) is 0 Å². The van der Waals surface area contributed by atoms with Crippen molar-refractivity contribution in [1.82, 2.24) is 0 Å². The maximum atomic E-state index is 9.67. The van der Waals surface area contributed by atoms with Gasteiger partial charge in [-0.05, 0) is 12.8 Å². The van der Waals surface area contributed by atoms with E-state index >= 15 is 0 Å². The van der Waals surface area contributed by atoms with Gasteiger partial charge in [0, 0.05) is 0 Å². The Hall–Kier alpha value is -1.06. The molecule has 0 radical (unpaired) electrons. The van der Waals surface area contributed by atoms with E-state index in [1.165, 1.54) is 44.9 Å². The van der Waals surface area contributed by atoms with E-state index in [0.29, 0.717) is 26.2 Å². The molecule has 4 heteroatoms. The lowest BCUT2D eigenvalue weighted by Crippen LogP contribution is -1.90. The number of carbonyl (C=O) groups is 2. The third-order valence-electron chi connectivity index (χ3n) is 2.62. The molecule has 0 aromatic rings. The fraction of sp³-hybridized carbons (Fsp3) is 0.867. The van der Waals surface area contributed by atoms with Crippen LogP contribution in [0.1, 0.15) is 71.6 Å². The Morgan fingerprint density at radius 2 is 1.00 bits per heavy atom. The summed E-state index contributed by atoms with van der Waals surface area (Å²) in [7, 11) is 0. The molecule has 0 spiro atoms. The third kappa shape index (κ3) is 26.5. The molecule has 114 valence electrons. The highest BCUT2D eigenvalue weighted by molar-refractivity contribution is 5.36. The van der Waals surface area contributed by atoms with Gasteiger partial charge in [-0.2, -0.15) is 0 Å². The molecule has 19 heavy (non-hydrogen) atoms. The van der Waals surface area contributed by atoms with Gasteiger partial charge >= 0.3 is 0 Å². The topological polar surface area (TPSA) is 52.6 Å². The molecule has 0 unspecified atom stereocenters. The first-order valence-electron chi connectivity index (χ1n) is 7.43. The number of hydrogen-bond acceptors (Lipinski definition) is 4. The summed E-state index contributed by atoms with van der Waals surface area (Å²) in [6, 6.07) is 0. The zero-order chi connectivity index (χ0) is 14.6. The average Bonchev–Trinajstić information content (AvgIpc) is 2.43. The van der Waals surface area contributed by atoms with Gasteiger partial charge in [0.05, 0.1) is 13.2 Å². The van der Waals surface area contributed by atoms with Crippen molar-refractivity contribution in [2.75, 3.05) is 13.2 Å². The Bertz CT molecular complexity index is 172. The number of unbranched alkanes of at least 4 members (excludes halogenated alkanes) is 7. The van der Waals surface area contributed by atoms with E-state index < -0.39 is 0 Å². The highest BCUT2D eigenvalue weighted by Gasteiger charge is 1.87. The van der Waals surface area contributed by atoms with Crippen LogP contribution in [0.4, 0.5) is 0 Å². The van der Waals surface area contributed by atoms with Crippen LogP contribution in [0.5, 0.6) is 0 Å². The van der Waals surface area contributed by atoms with Gasteiger partial charge in [0.2, 0.25) is 0 Å². The molecular weight excluding hydrogens is 244 g/mol. The summed E-state index contributed by atoms with van der Waals surface area (Å²) in [6.07, 6.45) is 10.6. The van der Waals surface area contributed by atoms with Gasteiger partial charge in [-0.3, -0.25) is 9.59 Å². The Morgan fingerprint density at radius 3 is 1.37 bits per heavy atom. The first-order chi connectivity index (χ1) is 9.33. The van der Waals surface area contributed by atoms with Crippen LogP contribution in [0, 0.1) is 0 Å². The van der Waals surface area contributed by atoms with Crippen molar-refractivity contribution in [3.8, 4) is 0 Å². The molecular formula is C15H30O4. The predicted molar refractivity (Wildman–Crippen MR) is 76.9 cm³/mol. The smallest absolute Gasteiger partial charge is 0.293 e. The van der Waals surface area contributed by atoms with Gasteiger partial charge in [-0.25, -0.2) is 0 Å². The number of hydrogen-bond donors (Lipinski definition) is 0. The lowest BCUT2D eigenvalue weighted by Gasteiger charge is -1.97. The Morgan fingerprint density at radius 1 is 0.632 bits per heavy atom. The van der Waals surface area contributed by atoms with Crippen LogP contribution in [-0.4, -0.2) is 26.2 Å². The normalized spacial score (nSPS) is 9.16. The molecule has 0 atom stereocenters. The van der Waals surface area contributed by atoms with Crippen LogP contribution in [0.25, 0.3) is 0 Å². The molecule has 0 aliphatic rings. The van der Waals surface area contributed by atoms with Gasteiger partial charge in [0.1, 0.15) is 0 Å².